The SMILES string of the molecule is CC1(NS(=O)(=O)CC2CCCCN2)CCS(=O)(=O)C1. The molecule has 6 nitrogen and oxygen atoms in total. The van der Waals surface area contributed by atoms with Gasteiger partial charge in [0.2, 0.25) is 10.0 Å². The van der Waals surface area contributed by atoms with E-state index in [1.54, 1.807) is 6.92 Å². The van der Waals surface area contributed by atoms with E-state index < -0.39 is 25.4 Å². The van der Waals surface area contributed by atoms with Crippen molar-refractivity contribution in [2.24, 2.45) is 0 Å². The lowest BCUT2D eigenvalue weighted by atomic mass is 10.0. The summed E-state index contributed by atoms with van der Waals surface area (Å²) in [7, 11) is -6.55. The van der Waals surface area contributed by atoms with E-state index in [2.05, 4.69) is 10.0 Å². The zero-order valence-corrected chi connectivity index (χ0v) is 12.8. The first kappa shape index (κ1) is 15.2. The molecule has 2 N–H and O–H groups in total. The minimum Gasteiger partial charge on any atom is -0.313 e. The lowest BCUT2D eigenvalue weighted by molar-refractivity contribution is 0.414. The normalized spacial score (nSPS) is 35.3. The molecule has 0 aliphatic carbocycles. The molecule has 0 bridgehead atoms. The Hall–Kier alpha value is -0.180. The Morgan fingerprint density at radius 2 is 2.11 bits per heavy atom. The Labute approximate surface area is 115 Å². The van der Waals surface area contributed by atoms with Crippen molar-refractivity contribution in [2.45, 2.75) is 44.2 Å². The third kappa shape index (κ3) is 4.40. The first-order valence-corrected chi connectivity index (χ1v) is 10.1. The van der Waals surface area contributed by atoms with Crippen molar-refractivity contribution in [3.05, 3.63) is 0 Å². The average molecular weight is 310 g/mol. The van der Waals surface area contributed by atoms with Gasteiger partial charge < -0.3 is 5.32 Å². The highest BCUT2D eigenvalue weighted by atomic mass is 32.2. The minimum atomic E-state index is -3.45. The summed E-state index contributed by atoms with van der Waals surface area (Å²) in [6.07, 6.45) is 3.33. The third-order valence-electron chi connectivity index (χ3n) is 3.74. The molecule has 0 aromatic carbocycles. The highest BCUT2D eigenvalue weighted by molar-refractivity contribution is 7.92. The molecule has 0 spiro atoms. The maximum absolute atomic E-state index is 12.1. The highest BCUT2D eigenvalue weighted by Crippen LogP contribution is 2.24. The number of sulfone groups is 1. The summed E-state index contributed by atoms with van der Waals surface area (Å²) in [6.45, 7) is 2.52. The Bertz CT molecular complexity index is 523. The zero-order valence-electron chi connectivity index (χ0n) is 11.2. The molecular weight excluding hydrogens is 288 g/mol. The molecular formula is C11H22N2O4S2. The second kappa shape index (κ2) is 5.31. The second-order valence-electron chi connectivity index (χ2n) is 5.93. The fraction of sp³-hybridized carbons (Fsp3) is 1.00. The van der Waals surface area contributed by atoms with Gasteiger partial charge in [-0.1, -0.05) is 6.42 Å². The molecule has 19 heavy (non-hydrogen) atoms. The van der Waals surface area contributed by atoms with Gasteiger partial charge in [0.05, 0.1) is 17.3 Å². The summed E-state index contributed by atoms with van der Waals surface area (Å²) < 4.78 is 49.8. The van der Waals surface area contributed by atoms with Gasteiger partial charge in [-0.15, -0.1) is 0 Å². The molecule has 0 amide bonds. The number of hydrogen-bond acceptors (Lipinski definition) is 5. The number of nitrogens with one attached hydrogen (secondary N) is 2. The van der Waals surface area contributed by atoms with Crippen molar-refractivity contribution in [3.63, 3.8) is 0 Å². The van der Waals surface area contributed by atoms with E-state index in [4.69, 9.17) is 0 Å². The van der Waals surface area contributed by atoms with E-state index in [0.29, 0.717) is 6.42 Å². The predicted molar refractivity (Wildman–Crippen MR) is 74.2 cm³/mol. The molecule has 2 saturated heterocycles. The molecule has 0 radical (unpaired) electrons. The van der Waals surface area contributed by atoms with Gasteiger partial charge in [-0.3, -0.25) is 0 Å². The van der Waals surface area contributed by atoms with Crippen molar-refractivity contribution >= 4 is 19.9 Å². The van der Waals surface area contributed by atoms with Crippen molar-refractivity contribution in [1.29, 1.82) is 0 Å². The molecule has 2 rings (SSSR count). The van der Waals surface area contributed by atoms with E-state index in [0.717, 1.165) is 25.8 Å². The van der Waals surface area contributed by atoms with Crippen LogP contribution in [0.15, 0.2) is 0 Å². The lowest BCUT2D eigenvalue weighted by Crippen LogP contribution is -2.51. The van der Waals surface area contributed by atoms with Crippen LogP contribution in [0.5, 0.6) is 0 Å². The molecule has 0 aromatic heterocycles. The van der Waals surface area contributed by atoms with Crippen LogP contribution in [0.2, 0.25) is 0 Å². The summed E-state index contributed by atoms with van der Waals surface area (Å²) in [5.74, 6) is -0.00629. The number of rotatable bonds is 4. The minimum absolute atomic E-state index is 0.0205. The van der Waals surface area contributed by atoms with Crippen molar-refractivity contribution in [3.8, 4) is 0 Å². The van der Waals surface area contributed by atoms with Gasteiger partial charge in [-0.2, -0.15) is 0 Å². The third-order valence-corrected chi connectivity index (χ3v) is 7.29. The van der Waals surface area contributed by atoms with Crippen LogP contribution < -0.4 is 10.0 Å². The Kier molecular flexibility index (Phi) is 4.25. The molecule has 0 aromatic rings. The van der Waals surface area contributed by atoms with Crippen molar-refractivity contribution < 1.29 is 16.8 Å². The second-order valence-corrected chi connectivity index (χ2v) is 9.88. The first-order valence-electron chi connectivity index (χ1n) is 6.65. The van der Waals surface area contributed by atoms with E-state index in [1.165, 1.54) is 0 Å². The van der Waals surface area contributed by atoms with Gasteiger partial charge in [0.25, 0.3) is 0 Å². The average Bonchev–Trinajstić information content (AvgIpc) is 2.52. The summed E-state index contributed by atoms with van der Waals surface area (Å²) in [5.41, 5.74) is -0.841. The Balaban J connectivity index is 1.97. The van der Waals surface area contributed by atoms with E-state index in [-0.39, 0.29) is 23.3 Å². The number of hydrogen-bond donors (Lipinski definition) is 2. The molecule has 2 aliphatic rings. The lowest BCUT2D eigenvalue weighted by Gasteiger charge is -2.27. The highest BCUT2D eigenvalue weighted by Gasteiger charge is 2.41. The first-order chi connectivity index (χ1) is 8.70. The molecule has 112 valence electrons. The summed E-state index contributed by atoms with van der Waals surface area (Å²) >= 11 is 0. The summed E-state index contributed by atoms with van der Waals surface area (Å²) in [6, 6.07) is -0.0205. The smallest absolute Gasteiger partial charge is 0.213 e. The Morgan fingerprint density at radius 1 is 1.37 bits per heavy atom. The zero-order chi connectivity index (χ0) is 14.1. The van der Waals surface area contributed by atoms with Gasteiger partial charge in [0.1, 0.15) is 0 Å². The molecule has 2 atom stereocenters. The van der Waals surface area contributed by atoms with Gasteiger partial charge in [-0.05, 0) is 32.7 Å². The predicted octanol–water partition coefficient (Wildman–Crippen LogP) is -0.375. The maximum atomic E-state index is 12.1. The van der Waals surface area contributed by atoms with Crippen LogP contribution in [0.1, 0.15) is 32.6 Å². The maximum Gasteiger partial charge on any atom is 0.213 e. The fourth-order valence-electron chi connectivity index (χ4n) is 2.84. The van der Waals surface area contributed by atoms with Crippen LogP contribution in [0.4, 0.5) is 0 Å². The van der Waals surface area contributed by atoms with E-state index >= 15 is 0 Å². The van der Waals surface area contributed by atoms with Crippen LogP contribution in [0, 0.1) is 0 Å². The van der Waals surface area contributed by atoms with E-state index in [1.807, 2.05) is 0 Å². The molecule has 2 unspecified atom stereocenters. The van der Waals surface area contributed by atoms with Crippen molar-refractivity contribution in [2.75, 3.05) is 23.8 Å². The van der Waals surface area contributed by atoms with Gasteiger partial charge in [0, 0.05) is 11.6 Å². The van der Waals surface area contributed by atoms with Crippen LogP contribution in [-0.4, -0.2) is 52.2 Å². The van der Waals surface area contributed by atoms with E-state index in [9.17, 15) is 16.8 Å². The molecule has 8 heteroatoms. The summed E-state index contributed by atoms with van der Waals surface area (Å²) in [4.78, 5) is 0. The summed E-state index contributed by atoms with van der Waals surface area (Å²) in [5, 5.41) is 3.19. The van der Waals surface area contributed by atoms with Gasteiger partial charge in [-0.25, -0.2) is 21.6 Å². The van der Waals surface area contributed by atoms with Crippen molar-refractivity contribution in [1.82, 2.24) is 10.0 Å². The number of piperidine rings is 1. The van der Waals surface area contributed by atoms with Crippen LogP contribution >= 0.6 is 0 Å². The van der Waals surface area contributed by atoms with Gasteiger partial charge in [0.15, 0.2) is 9.84 Å². The largest absolute Gasteiger partial charge is 0.313 e. The Morgan fingerprint density at radius 3 is 2.63 bits per heavy atom. The van der Waals surface area contributed by atoms with Crippen LogP contribution in [0.25, 0.3) is 0 Å². The standard InChI is InChI=1S/C11H22N2O4S2/c1-11(5-7-18(14,15)9-11)13-19(16,17)8-10-4-2-3-6-12-10/h10,12-13H,2-9H2,1H3. The molecule has 2 heterocycles. The van der Waals surface area contributed by atoms with Crippen LogP contribution in [0.3, 0.4) is 0 Å². The molecule has 2 fully saturated rings. The number of sulfonamides is 1. The quantitative estimate of drug-likeness (QED) is 0.739. The molecule has 2 aliphatic heterocycles. The monoisotopic (exact) mass is 310 g/mol. The van der Waals surface area contributed by atoms with Crippen LogP contribution in [-0.2, 0) is 19.9 Å². The fourth-order valence-corrected chi connectivity index (χ4v) is 6.85. The topological polar surface area (TPSA) is 92.3 Å². The molecule has 0 saturated carbocycles. The van der Waals surface area contributed by atoms with Gasteiger partial charge >= 0.3 is 0 Å².